The fourth-order valence-corrected chi connectivity index (χ4v) is 3.46. The number of ether oxygens (including phenoxy) is 1. The number of aliphatic hydroxyl groups is 1. The first-order valence-corrected chi connectivity index (χ1v) is 7.48. The summed E-state index contributed by atoms with van der Waals surface area (Å²) in [7, 11) is 0. The molecule has 1 aromatic heterocycles. The normalized spacial score (nSPS) is 16.8. The van der Waals surface area contributed by atoms with E-state index in [4.69, 9.17) is 9.84 Å². The smallest absolute Gasteiger partial charge is 0.365 e. The number of benzene rings is 1. The van der Waals surface area contributed by atoms with Crippen molar-refractivity contribution in [1.82, 2.24) is 4.98 Å². The molecular formula is C13H10BrNO4S. The number of aromatic carboxylic acids is 1. The summed E-state index contributed by atoms with van der Waals surface area (Å²) in [5, 5.41) is 18.6. The standard InChI is InChI=1S/C13H10BrNO4S/c14-7-1-2-9-8(3-7)10-11(6(4-16)5-19-9)20-12(15-10)13(17)18/h1-3,6,16H,4-5H2,(H,17,18). The van der Waals surface area contributed by atoms with Gasteiger partial charge in [0.25, 0.3) is 0 Å². The predicted molar refractivity (Wildman–Crippen MR) is 77.5 cm³/mol. The number of hydrogen-bond acceptors (Lipinski definition) is 5. The minimum absolute atomic E-state index is 0.0290. The van der Waals surface area contributed by atoms with Gasteiger partial charge in [-0.25, -0.2) is 9.78 Å². The molecule has 1 aliphatic rings. The number of aliphatic hydroxyl groups excluding tert-OH is 1. The SMILES string of the molecule is O=C(O)c1nc2c(s1)C(CO)COc1ccc(Br)cc1-2. The lowest BCUT2D eigenvalue weighted by molar-refractivity contribution is 0.0696. The molecule has 2 heterocycles. The largest absolute Gasteiger partial charge is 0.492 e. The number of carboxylic acid groups (broad SMARTS) is 1. The lowest BCUT2D eigenvalue weighted by Crippen LogP contribution is -2.11. The van der Waals surface area contributed by atoms with Crippen LogP contribution in [0.15, 0.2) is 22.7 Å². The zero-order valence-electron chi connectivity index (χ0n) is 10.2. The second-order valence-electron chi connectivity index (χ2n) is 4.37. The molecule has 2 N–H and O–H groups in total. The fraction of sp³-hybridized carbons (Fsp3) is 0.231. The lowest BCUT2D eigenvalue weighted by Gasteiger charge is -2.10. The lowest BCUT2D eigenvalue weighted by atomic mass is 10.0. The van der Waals surface area contributed by atoms with Gasteiger partial charge in [0.15, 0.2) is 0 Å². The number of rotatable bonds is 2. The zero-order valence-corrected chi connectivity index (χ0v) is 12.6. The van der Waals surface area contributed by atoms with E-state index in [-0.39, 0.29) is 17.5 Å². The van der Waals surface area contributed by atoms with Crippen LogP contribution in [0.3, 0.4) is 0 Å². The Balaban J connectivity index is 2.24. The third kappa shape index (κ3) is 2.21. The number of fused-ring (bicyclic) bond motifs is 3. The molecule has 1 unspecified atom stereocenters. The maximum absolute atomic E-state index is 11.1. The second-order valence-corrected chi connectivity index (χ2v) is 6.31. The van der Waals surface area contributed by atoms with Crippen molar-refractivity contribution in [1.29, 1.82) is 0 Å². The van der Waals surface area contributed by atoms with Crippen LogP contribution in [0.2, 0.25) is 0 Å². The third-order valence-corrected chi connectivity index (χ3v) is 4.76. The van der Waals surface area contributed by atoms with Crippen molar-refractivity contribution in [3.05, 3.63) is 32.6 Å². The first-order valence-electron chi connectivity index (χ1n) is 5.87. The molecule has 7 heteroatoms. The van der Waals surface area contributed by atoms with Crippen LogP contribution in [-0.2, 0) is 0 Å². The molecular weight excluding hydrogens is 346 g/mol. The van der Waals surface area contributed by atoms with Crippen LogP contribution < -0.4 is 4.74 Å². The summed E-state index contributed by atoms with van der Waals surface area (Å²) >= 11 is 4.48. The minimum atomic E-state index is -1.06. The molecule has 2 aromatic rings. The number of carbonyl (C=O) groups is 1. The van der Waals surface area contributed by atoms with Crippen molar-refractivity contribution in [3.63, 3.8) is 0 Å². The van der Waals surface area contributed by atoms with Crippen LogP contribution in [0, 0.1) is 0 Å². The maximum atomic E-state index is 11.1. The van der Waals surface area contributed by atoms with Gasteiger partial charge in [-0.15, -0.1) is 11.3 Å². The highest BCUT2D eigenvalue weighted by atomic mass is 79.9. The van der Waals surface area contributed by atoms with E-state index in [0.717, 1.165) is 26.3 Å². The van der Waals surface area contributed by atoms with Gasteiger partial charge >= 0.3 is 5.97 Å². The monoisotopic (exact) mass is 355 g/mol. The Labute approximate surface area is 127 Å². The van der Waals surface area contributed by atoms with Gasteiger partial charge < -0.3 is 14.9 Å². The number of nitrogens with zero attached hydrogens (tertiary/aromatic N) is 1. The molecule has 0 spiro atoms. The third-order valence-electron chi connectivity index (χ3n) is 3.06. The number of carboxylic acids is 1. The van der Waals surface area contributed by atoms with Crippen LogP contribution in [0.5, 0.6) is 5.75 Å². The summed E-state index contributed by atoms with van der Waals surface area (Å²) < 4.78 is 6.55. The van der Waals surface area contributed by atoms with Gasteiger partial charge in [0.05, 0.1) is 24.8 Å². The van der Waals surface area contributed by atoms with Crippen molar-refractivity contribution in [2.45, 2.75) is 5.92 Å². The Bertz CT molecular complexity index is 685. The van der Waals surface area contributed by atoms with Crippen LogP contribution in [-0.4, -0.2) is 34.4 Å². The average molecular weight is 356 g/mol. The van der Waals surface area contributed by atoms with Crippen LogP contribution >= 0.6 is 27.3 Å². The molecule has 0 bridgehead atoms. The molecule has 1 atom stereocenters. The van der Waals surface area contributed by atoms with Gasteiger partial charge in [0.2, 0.25) is 5.01 Å². The van der Waals surface area contributed by atoms with E-state index in [1.54, 1.807) is 0 Å². The van der Waals surface area contributed by atoms with Crippen LogP contribution in [0.1, 0.15) is 20.6 Å². The summed E-state index contributed by atoms with van der Waals surface area (Å²) in [6, 6.07) is 5.50. The van der Waals surface area contributed by atoms with E-state index in [9.17, 15) is 9.90 Å². The number of thiazole rings is 1. The van der Waals surface area contributed by atoms with E-state index in [2.05, 4.69) is 20.9 Å². The maximum Gasteiger partial charge on any atom is 0.365 e. The van der Waals surface area contributed by atoms with Crippen molar-refractivity contribution >= 4 is 33.2 Å². The van der Waals surface area contributed by atoms with Gasteiger partial charge in [0.1, 0.15) is 5.75 Å². The summed E-state index contributed by atoms with van der Waals surface area (Å²) in [6.07, 6.45) is 0. The predicted octanol–water partition coefficient (Wildman–Crippen LogP) is 2.74. The van der Waals surface area contributed by atoms with Crippen molar-refractivity contribution in [3.8, 4) is 17.0 Å². The Morgan fingerprint density at radius 3 is 3.05 bits per heavy atom. The summed E-state index contributed by atoms with van der Waals surface area (Å²) in [5.41, 5.74) is 1.33. The highest BCUT2D eigenvalue weighted by Gasteiger charge is 2.28. The second kappa shape index (κ2) is 5.16. The van der Waals surface area contributed by atoms with Crippen molar-refractivity contribution < 1.29 is 19.7 Å². The number of hydrogen-bond donors (Lipinski definition) is 2. The van der Waals surface area contributed by atoms with Crippen molar-refractivity contribution in [2.75, 3.05) is 13.2 Å². The Kier molecular flexibility index (Phi) is 3.49. The molecule has 0 fully saturated rings. The minimum Gasteiger partial charge on any atom is -0.492 e. The average Bonchev–Trinajstić information content (AvgIpc) is 2.80. The highest BCUT2D eigenvalue weighted by Crippen LogP contribution is 2.42. The first-order chi connectivity index (χ1) is 9.60. The summed E-state index contributed by atoms with van der Waals surface area (Å²) in [6.45, 7) is 0.197. The highest BCUT2D eigenvalue weighted by molar-refractivity contribution is 9.10. The molecule has 5 nitrogen and oxygen atoms in total. The molecule has 3 rings (SSSR count). The van der Waals surface area contributed by atoms with E-state index < -0.39 is 5.97 Å². The van der Waals surface area contributed by atoms with E-state index in [0.29, 0.717) is 18.1 Å². The summed E-state index contributed by atoms with van der Waals surface area (Å²) in [4.78, 5) is 16.1. The molecule has 20 heavy (non-hydrogen) atoms. The molecule has 1 aliphatic heterocycles. The Morgan fingerprint density at radius 2 is 2.35 bits per heavy atom. The topological polar surface area (TPSA) is 79.7 Å². The van der Waals surface area contributed by atoms with Crippen molar-refractivity contribution in [2.24, 2.45) is 0 Å². The molecule has 0 saturated carbocycles. The number of aromatic nitrogens is 1. The number of halogens is 1. The van der Waals surface area contributed by atoms with Gasteiger partial charge in [-0.05, 0) is 18.2 Å². The van der Waals surface area contributed by atoms with Crippen LogP contribution in [0.25, 0.3) is 11.3 Å². The van der Waals surface area contributed by atoms with E-state index in [1.807, 2.05) is 18.2 Å². The molecule has 0 amide bonds. The summed E-state index contributed by atoms with van der Waals surface area (Å²) in [5.74, 6) is -0.674. The van der Waals surface area contributed by atoms with Gasteiger partial charge in [-0.1, -0.05) is 15.9 Å². The quantitative estimate of drug-likeness (QED) is 0.865. The van der Waals surface area contributed by atoms with Gasteiger partial charge in [-0.2, -0.15) is 0 Å². The fourth-order valence-electron chi connectivity index (χ4n) is 2.11. The van der Waals surface area contributed by atoms with Gasteiger partial charge in [-0.3, -0.25) is 0 Å². The molecule has 0 radical (unpaired) electrons. The Morgan fingerprint density at radius 1 is 1.55 bits per heavy atom. The molecule has 104 valence electrons. The molecule has 0 saturated heterocycles. The molecule has 0 aliphatic carbocycles. The van der Waals surface area contributed by atoms with E-state index >= 15 is 0 Å². The van der Waals surface area contributed by atoms with E-state index in [1.165, 1.54) is 0 Å². The molecule has 1 aromatic carbocycles. The first kappa shape index (κ1) is 13.5. The van der Waals surface area contributed by atoms with Gasteiger partial charge in [0, 0.05) is 14.9 Å². The van der Waals surface area contributed by atoms with Crippen LogP contribution in [0.4, 0.5) is 0 Å². The zero-order chi connectivity index (χ0) is 14.3. The Hall–Kier alpha value is -1.44.